The molecule has 1 amide bonds. The van der Waals surface area contributed by atoms with Gasteiger partial charge in [-0.05, 0) is 73.8 Å². The SMILES string of the molecule is NC(C(=O)Nc1nc(Cl)nc2c1ncn2[C@@H]1O[C@H](CCP(=O)(O)O)C(O)C1O)C12CC3CC(CC(O)(C3)C1)C2. The maximum Gasteiger partial charge on any atom is 0.325 e. The van der Waals surface area contributed by atoms with Gasteiger partial charge in [0.25, 0.3) is 0 Å². The third kappa shape index (κ3) is 4.89. The number of imidazole rings is 1. The first-order valence-corrected chi connectivity index (χ1v) is 15.2. The Morgan fingerprint density at radius 1 is 1.23 bits per heavy atom. The van der Waals surface area contributed by atoms with E-state index in [9.17, 15) is 24.7 Å². The second kappa shape index (κ2) is 9.40. The Hall–Kier alpha value is -1.74. The standard InChI is InChI=1S/C23H32ClN6O8P/c24-21-28-17(27-19(33)16(25)22-4-10-3-11(5-22)7-23(34,6-10)8-22)13-18(29-21)30(9-26-13)20-15(32)14(31)12(38-20)1-2-39(35,36)37/h9-12,14-16,20,31-32,34H,1-8,25H2,(H2,35,36,37)(H,27,28,29,33)/t10?,11?,12-,14?,15?,16?,20-,22?,23?/m1/s1. The number of aromatic nitrogens is 4. The molecule has 2 aromatic rings. The lowest BCUT2D eigenvalue weighted by Gasteiger charge is -2.61. The Balaban J connectivity index is 1.24. The highest BCUT2D eigenvalue weighted by molar-refractivity contribution is 7.51. The minimum atomic E-state index is -4.34. The smallest absolute Gasteiger partial charge is 0.325 e. The Kier molecular flexibility index (Phi) is 6.61. The number of nitrogens with one attached hydrogen (secondary N) is 1. The van der Waals surface area contributed by atoms with Gasteiger partial charge < -0.3 is 40.9 Å². The monoisotopic (exact) mass is 586 g/mol. The van der Waals surface area contributed by atoms with Gasteiger partial charge in [-0.25, -0.2) is 4.98 Å². The molecule has 0 aromatic carbocycles. The molecule has 14 nitrogen and oxygen atoms in total. The van der Waals surface area contributed by atoms with Crippen LogP contribution < -0.4 is 11.1 Å². The zero-order valence-corrected chi connectivity index (χ0v) is 22.6. The molecule has 5 fully saturated rings. The number of nitrogens with two attached hydrogens (primary N) is 1. The van der Waals surface area contributed by atoms with Gasteiger partial charge in [0.15, 0.2) is 23.2 Å². The molecule has 2 aromatic heterocycles. The van der Waals surface area contributed by atoms with Gasteiger partial charge >= 0.3 is 7.60 Å². The number of aliphatic hydroxyl groups is 3. The second-order valence-corrected chi connectivity index (χ2v) is 14.0. The van der Waals surface area contributed by atoms with Crippen molar-refractivity contribution >= 4 is 42.1 Å². The second-order valence-electron chi connectivity index (χ2n) is 11.9. The number of hydrogen-bond donors (Lipinski definition) is 7. The van der Waals surface area contributed by atoms with Gasteiger partial charge in [0, 0.05) is 0 Å². The number of ether oxygens (including phenoxy) is 1. The summed E-state index contributed by atoms with van der Waals surface area (Å²) in [6.07, 6.45) is 0.113. The average Bonchev–Trinajstić information content (AvgIpc) is 3.36. The minimum absolute atomic E-state index is 0.0127. The molecule has 3 heterocycles. The van der Waals surface area contributed by atoms with Crippen LogP contribution in [0.3, 0.4) is 0 Å². The molecule has 4 saturated carbocycles. The maximum absolute atomic E-state index is 13.4. The van der Waals surface area contributed by atoms with E-state index in [4.69, 9.17) is 31.9 Å². The van der Waals surface area contributed by atoms with Crippen molar-refractivity contribution in [2.45, 2.75) is 81.1 Å². The fourth-order valence-electron chi connectivity index (χ4n) is 7.78. The predicted molar refractivity (Wildman–Crippen MR) is 136 cm³/mol. The minimum Gasteiger partial charge on any atom is -0.390 e. The van der Waals surface area contributed by atoms with E-state index in [1.54, 1.807) is 0 Å². The first-order valence-electron chi connectivity index (χ1n) is 13.0. The number of aliphatic hydroxyl groups excluding tert-OH is 2. The number of hydrogen-bond acceptors (Lipinski definition) is 10. The molecular formula is C23H32ClN6O8P. The summed E-state index contributed by atoms with van der Waals surface area (Å²) in [6, 6.07) is -0.884. The summed E-state index contributed by atoms with van der Waals surface area (Å²) in [7, 11) is -4.34. The lowest BCUT2D eigenvalue weighted by molar-refractivity contribution is -0.172. The van der Waals surface area contributed by atoms with Crippen molar-refractivity contribution in [3.05, 3.63) is 11.6 Å². The first-order chi connectivity index (χ1) is 18.3. The molecule has 7 rings (SSSR count). The van der Waals surface area contributed by atoms with Crippen molar-refractivity contribution in [3.8, 4) is 0 Å². The highest BCUT2D eigenvalue weighted by Gasteiger charge is 2.60. The molecule has 5 unspecified atom stereocenters. The molecule has 39 heavy (non-hydrogen) atoms. The van der Waals surface area contributed by atoms with Gasteiger partial charge in [-0.15, -0.1) is 0 Å². The largest absolute Gasteiger partial charge is 0.390 e. The lowest BCUT2D eigenvalue weighted by Crippen LogP contribution is -2.63. The zero-order valence-electron chi connectivity index (χ0n) is 20.9. The van der Waals surface area contributed by atoms with Crippen LogP contribution in [0.25, 0.3) is 11.2 Å². The van der Waals surface area contributed by atoms with E-state index >= 15 is 0 Å². The number of halogens is 1. The van der Waals surface area contributed by atoms with E-state index in [0.29, 0.717) is 18.3 Å². The van der Waals surface area contributed by atoms with Crippen LogP contribution in [0.15, 0.2) is 6.33 Å². The summed E-state index contributed by atoms with van der Waals surface area (Å²) in [6.45, 7) is 0. The molecule has 0 radical (unpaired) electrons. The normalized spacial score (nSPS) is 38.4. The number of carbonyl (C=O) groups excluding carboxylic acids is 1. The third-order valence-electron chi connectivity index (χ3n) is 8.97. The van der Waals surface area contributed by atoms with Gasteiger partial charge in [0.2, 0.25) is 11.2 Å². The van der Waals surface area contributed by atoms with E-state index in [1.165, 1.54) is 10.9 Å². The fourth-order valence-corrected chi connectivity index (χ4v) is 8.53. The van der Waals surface area contributed by atoms with Crippen LogP contribution in [0, 0.1) is 17.3 Å². The summed E-state index contributed by atoms with van der Waals surface area (Å²) < 4.78 is 18.3. The topological polar surface area (TPSA) is 226 Å². The molecule has 16 heteroatoms. The van der Waals surface area contributed by atoms with Crippen LogP contribution in [0.5, 0.6) is 0 Å². The summed E-state index contributed by atoms with van der Waals surface area (Å²) in [5, 5.41) is 34.6. The predicted octanol–water partition coefficient (Wildman–Crippen LogP) is 0.264. The van der Waals surface area contributed by atoms with Crippen LogP contribution >= 0.6 is 19.2 Å². The Bertz CT molecular complexity index is 1340. The molecule has 5 aliphatic rings. The summed E-state index contributed by atoms with van der Waals surface area (Å²) >= 11 is 6.17. The van der Waals surface area contributed by atoms with Gasteiger partial charge in [-0.3, -0.25) is 13.9 Å². The fraction of sp³-hybridized carbons (Fsp3) is 0.739. The molecule has 0 spiro atoms. The van der Waals surface area contributed by atoms with Crippen molar-refractivity contribution < 1.29 is 39.2 Å². The Labute approximate surface area is 228 Å². The quantitative estimate of drug-likeness (QED) is 0.171. The Morgan fingerprint density at radius 3 is 2.56 bits per heavy atom. The van der Waals surface area contributed by atoms with E-state index in [2.05, 4.69) is 20.3 Å². The number of nitrogens with zero attached hydrogens (tertiary/aromatic N) is 4. The number of fused-ring (bicyclic) bond motifs is 1. The highest BCUT2D eigenvalue weighted by atomic mass is 35.5. The van der Waals surface area contributed by atoms with Gasteiger partial charge in [0.05, 0.1) is 30.2 Å². The van der Waals surface area contributed by atoms with Crippen molar-refractivity contribution in [2.24, 2.45) is 23.0 Å². The third-order valence-corrected chi connectivity index (χ3v) is 9.98. The van der Waals surface area contributed by atoms with Crippen LogP contribution in [0.1, 0.15) is 51.2 Å². The van der Waals surface area contributed by atoms with E-state index in [0.717, 1.165) is 32.1 Å². The molecular weight excluding hydrogens is 555 g/mol. The summed E-state index contributed by atoms with van der Waals surface area (Å²) in [4.78, 5) is 44.3. The molecule has 4 bridgehead atoms. The molecule has 214 valence electrons. The molecule has 4 aliphatic carbocycles. The molecule has 1 aliphatic heterocycles. The van der Waals surface area contributed by atoms with Crippen molar-refractivity contribution in [2.75, 3.05) is 11.5 Å². The first kappa shape index (κ1) is 27.4. The zero-order chi connectivity index (χ0) is 27.9. The summed E-state index contributed by atoms with van der Waals surface area (Å²) in [5.41, 5.74) is 5.53. The molecule has 1 saturated heterocycles. The highest BCUT2D eigenvalue weighted by Crippen LogP contribution is 2.62. The number of carbonyl (C=O) groups is 1. The number of amides is 1. The van der Waals surface area contributed by atoms with Crippen LogP contribution in [0.4, 0.5) is 5.82 Å². The van der Waals surface area contributed by atoms with E-state index in [-0.39, 0.29) is 28.7 Å². The van der Waals surface area contributed by atoms with Gasteiger partial charge in [-0.1, -0.05) is 0 Å². The molecule has 7 atom stereocenters. The van der Waals surface area contributed by atoms with E-state index in [1.807, 2.05) is 0 Å². The average molecular weight is 587 g/mol. The number of rotatable bonds is 7. The van der Waals surface area contributed by atoms with Crippen LogP contribution in [0.2, 0.25) is 5.28 Å². The molecule has 8 N–H and O–H groups in total. The van der Waals surface area contributed by atoms with Crippen molar-refractivity contribution in [1.29, 1.82) is 0 Å². The van der Waals surface area contributed by atoms with Crippen LogP contribution in [-0.2, 0) is 14.1 Å². The summed E-state index contributed by atoms with van der Waals surface area (Å²) in [5.74, 6) is 0.240. The number of anilines is 1. The lowest BCUT2D eigenvalue weighted by atomic mass is 9.46. The Morgan fingerprint density at radius 2 is 1.92 bits per heavy atom. The van der Waals surface area contributed by atoms with E-state index < -0.39 is 61.3 Å². The van der Waals surface area contributed by atoms with Gasteiger partial charge in [-0.2, -0.15) is 9.97 Å². The maximum atomic E-state index is 13.4. The van der Waals surface area contributed by atoms with Crippen molar-refractivity contribution in [3.63, 3.8) is 0 Å². The van der Waals surface area contributed by atoms with Gasteiger partial charge in [0.1, 0.15) is 12.2 Å². The van der Waals surface area contributed by atoms with Crippen LogP contribution in [-0.4, -0.2) is 86.6 Å². The van der Waals surface area contributed by atoms with Crippen molar-refractivity contribution in [1.82, 2.24) is 19.5 Å².